The quantitative estimate of drug-likeness (QED) is 0.892. The summed E-state index contributed by atoms with van der Waals surface area (Å²) in [7, 11) is 1.86. The molecule has 0 bridgehead atoms. The number of nitrogens with zero attached hydrogens (tertiary/aromatic N) is 1. The molecule has 0 radical (unpaired) electrons. The van der Waals surface area contributed by atoms with Crippen LogP contribution in [0.2, 0.25) is 0 Å². The summed E-state index contributed by atoms with van der Waals surface area (Å²) >= 11 is 0. The molecule has 0 aliphatic carbocycles. The molecule has 1 N–H and O–H groups in total. The first-order chi connectivity index (χ1) is 8.61. The maximum atomic E-state index is 13.8. The molecule has 2 aromatic rings. The Bertz CT molecular complexity index is 525. The normalized spacial score (nSPS) is 12.2. The monoisotopic (exact) mass is 245 g/mol. The molecule has 1 atom stereocenters. The van der Waals surface area contributed by atoms with E-state index in [0.717, 1.165) is 5.69 Å². The van der Waals surface area contributed by atoms with Gasteiger partial charge in [-0.15, -0.1) is 0 Å². The molecule has 0 amide bonds. The lowest BCUT2D eigenvalue weighted by Gasteiger charge is -2.24. The van der Waals surface area contributed by atoms with Crippen molar-refractivity contribution in [2.45, 2.75) is 13.0 Å². The largest absolute Gasteiger partial charge is 0.389 e. The lowest BCUT2D eigenvalue weighted by Crippen LogP contribution is -2.13. The average molecular weight is 245 g/mol. The van der Waals surface area contributed by atoms with Crippen LogP contribution < -0.4 is 4.90 Å². The first kappa shape index (κ1) is 12.6. The number of para-hydroxylation sites is 1. The van der Waals surface area contributed by atoms with Gasteiger partial charge in [-0.3, -0.25) is 0 Å². The van der Waals surface area contributed by atoms with Crippen LogP contribution in [0.1, 0.15) is 18.6 Å². The van der Waals surface area contributed by atoms with Gasteiger partial charge in [-0.25, -0.2) is 4.39 Å². The molecule has 18 heavy (non-hydrogen) atoms. The first-order valence-corrected chi connectivity index (χ1v) is 5.86. The summed E-state index contributed by atoms with van der Waals surface area (Å²) < 4.78 is 13.8. The minimum atomic E-state index is -0.840. The number of aliphatic hydroxyl groups excluding tert-OH is 1. The minimum absolute atomic E-state index is 0.323. The maximum absolute atomic E-state index is 13.8. The first-order valence-electron chi connectivity index (χ1n) is 5.86. The van der Waals surface area contributed by atoms with E-state index >= 15 is 0 Å². The Morgan fingerprint density at radius 1 is 1.06 bits per heavy atom. The van der Waals surface area contributed by atoms with Crippen LogP contribution in [0, 0.1) is 5.82 Å². The molecule has 0 spiro atoms. The second-order valence-electron chi connectivity index (χ2n) is 4.24. The topological polar surface area (TPSA) is 23.5 Å². The van der Waals surface area contributed by atoms with Crippen molar-refractivity contribution in [2.24, 2.45) is 0 Å². The number of hydrogen-bond acceptors (Lipinski definition) is 2. The molecule has 0 aromatic heterocycles. The molecule has 0 saturated heterocycles. The lowest BCUT2D eigenvalue weighted by molar-refractivity contribution is 0.194. The summed E-state index contributed by atoms with van der Waals surface area (Å²) in [5, 5.41) is 9.71. The van der Waals surface area contributed by atoms with Gasteiger partial charge in [0.15, 0.2) is 0 Å². The molecule has 94 valence electrons. The van der Waals surface area contributed by atoms with Crippen molar-refractivity contribution in [3.8, 4) is 0 Å². The molecule has 0 fully saturated rings. The van der Waals surface area contributed by atoms with Gasteiger partial charge < -0.3 is 10.0 Å². The van der Waals surface area contributed by atoms with E-state index in [1.165, 1.54) is 6.07 Å². The number of aliphatic hydroxyl groups is 1. The van der Waals surface area contributed by atoms with Gasteiger partial charge in [-0.1, -0.05) is 24.3 Å². The minimum Gasteiger partial charge on any atom is -0.389 e. The zero-order valence-corrected chi connectivity index (χ0v) is 10.5. The van der Waals surface area contributed by atoms with Crippen molar-refractivity contribution >= 4 is 11.4 Å². The van der Waals surface area contributed by atoms with Gasteiger partial charge in [0, 0.05) is 24.0 Å². The number of benzene rings is 2. The fourth-order valence-corrected chi connectivity index (χ4v) is 2.02. The molecule has 0 aliphatic heterocycles. The molecule has 2 aromatic carbocycles. The van der Waals surface area contributed by atoms with Crippen LogP contribution in [0.15, 0.2) is 48.5 Å². The highest BCUT2D eigenvalue weighted by Crippen LogP contribution is 2.32. The summed E-state index contributed by atoms with van der Waals surface area (Å²) in [4.78, 5) is 1.87. The highest BCUT2D eigenvalue weighted by atomic mass is 19.1. The summed E-state index contributed by atoms with van der Waals surface area (Å²) in [6.07, 6.45) is -0.840. The van der Waals surface area contributed by atoms with Gasteiger partial charge in [-0.05, 0) is 31.2 Å². The summed E-state index contributed by atoms with van der Waals surface area (Å²) in [5.74, 6) is -0.384. The van der Waals surface area contributed by atoms with Gasteiger partial charge in [0.1, 0.15) is 5.82 Å². The van der Waals surface area contributed by atoms with E-state index in [1.807, 2.05) is 42.3 Å². The van der Waals surface area contributed by atoms with E-state index in [4.69, 9.17) is 0 Å². The van der Waals surface area contributed by atoms with Crippen molar-refractivity contribution in [2.75, 3.05) is 11.9 Å². The van der Waals surface area contributed by atoms with Gasteiger partial charge in [0.25, 0.3) is 0 Å². The molecule has 0 saturated carbocycles. The van der Waals surface area contributed by atoms with E-state index in [0.29, 0.717) is 11.3 Å². The third-order valence-electron chi connectivity index (χ3n) is 2.95. The van der Waals surface area contributed by atoms with Crippen LogP contribution in [0.25, 0.3) is 0 Å². The molecule has 2 rings (SSSR count). The fraction of sp³-hybridized carbons (Fsp3) is 0.200. The Morgan fingerprint density at radius 3 is 2.33 bits per heavy atom. The summed E-state index contributed by atoms with van der Waals surface area (Å²) in [6.45, 7) is 1.57. The Labute approximate surface area is 106 Å². The molecular weight excluding hydrogens is 229 g/mol. The third kappa shape index (κ3) is 2.36. The maximum Gasteiger partial charge on any atom is 0.131 e. The summed E-state index contributed by atoms with van der Waals surface area (Å²) in [6, 6.07) is 14.5. The smallest absolute Gasteiger partial charge is 0.131 e. The Hall–Kier alpha value is -1.87. The number of anilines is 2. The lowest BCUT2D eigenvalue weighted by atomic mass is 10.1. The predicted molar refractivity (Wildman–Crippen MR) is 71.5 cm³/mol. The van der Waals surface area contributed by atoms with Gasteiger partial charge >= 0.3 is 0 Å². The van der Waals surface area contributed by atoms with Crippen LogP contribution in [0.4, 0.5) is 15.8 Å². The van der Waals surface area contributed by atoms with Gasteiger partial charge in [0.2, 0.25) is 0 Å². The number of rotatable bonds is 3. The standard InChI is InChI=1S/C15H16FNO/c1-11(18)15-13(16)9-6-10-14(15)17(2)12-7-4-3-5-8-12/h3-11,18H,1-2H3/t11-/m0/s1. The third-order valence-corrected chi connectivity index (χ3v) is 2.95. The van der Waals surface area contributed by atoms with Crippen molar-refractivity contribution < 1.29 is 9.50 Å². The van der Waals surface area contributed by atoms with Crippen LogP contribution in [-0.2, 0) is 0 Å². The van der Waals surface area contributed by atoms with Crippen LogP contribution in [-0.4, -0.2) is 12.2 Å². The molecule has 2 nitrogen and oxygen atoms in total. The molecule has 0 heterocycles. The van der Waals surface area contributed by atoms with Crippen molar-refractivity contribution in [1.82, 2.24) is 0 Å². The molecular formula is C15H16FNO. The SMILES string of the molecule is C[C@H](O)c1c(F)cccc1N(C)c1ccccc1. The Morgan fingerprint density at radius 2 is 1.72 bits per heavy atom. The molecule has 0 aliphatic rings. The van der Waals surface area contributed by atoms with Crippen molar-refractivity contribution in [3.05, 3.63) is 59.9 Å². The van der Waals surface area contributed by atoms with Crippen molar-refractivity contribution in [1.29, 1.82) is 0 Å². The number of hydrogen-bond donors (Lipinski definition) is 1. The molecule has 3 heteroatoms. The fourth-order valence-electron chi connectivity index (χ4n) is 2.02. The van der Waals surface area contributed by atoms with Gasteiger partial charge in [-0.2, -0.15) is 0 Å². The van der Waals surface area contributed by atoms with Crippen LogP contribution >= 0.6 is 0 Å². The highest BCUT2D eigenvalue weighted by Gasteiger charge is 2.16. The number of halogens is 1. The van der Waals surface area contributed by atoms with E-state index in [1.54, 1.807) is 19.1 Å². The second-order valence-corrected chi connectivity index (χ2v) is 4.24. The van der Waals surface area contributed by atoms with Crippen molar-refractivity contribution in [3.63, 3.8) is 0 Å². The zero-order chi connectivity index (χ0) is 13.1. The summed E-state index contributed by atoms with van der Waals surface area (Å²) in [5.41, 5.74) is 1.95. The Kier molecular flexibility index (Phi) is 3.63. The van der Waals surface area contributed by atoms with Gasteiger partial charge in [0.05, 0.1) is 6.10 Å². The van der Waals surface area contributed by atoms with E-state index in [-0.39, 0.29) is 5.82 Å². The zero-order valence-electron chi connectivity index (χ0n) is 10.5. The predicted octanol–water partition coefficient (Wildman–Crippen LogP) is 3.65. The highest BCUT2D eigenvalue weighted by molar-refractivity contribution is 5.66. The average Bonchev–Trinajstić information content (AvgIpc) is 2.38. The van der Waals surface area contributed by atoms with Crippen LogP contribution in [0.3, 0.4) is 0 Å². The molecule has 0 unspecified atom stereocenters. The Balaban J connectivity index is 2.48. The van der Waals surface area contributed by atoms with E-state index in [9.17, 15) is 9.50 Å². The van der Waals surface area contributed by atoms with E-state index in [2.05, 4.69) is 0 Å². The van der Waals surface area contributed by atoms with E-state index < -0.39 is 6.10 Å². The van der Waals surface area contributed by atoms with Crippen LogP contribution in [0.5, 0.6) is 0 Å². The second kappa shape index (κ2) is 5.19.